The van der Waals surface area contributed by atoms with Gasteiger partial charge >= 0.3 is 6.18 Å². The van der Waals surface area contributed by atoms with Crippen LogP contribution in [0.5, 0.6) is 11.8 Å². The molecule has 2 N–H and O–H groups in total. The number of nitrogens with zero attached hydrogens (tertiary/aromatic N) is 3. The van der Waals surface area contributed by atoms with Crippen molar-refractivity contribution in [1.29, 1.82) is 0 Å². The average molecular weight is 377 g/mol. The van der Waals surface area contributed by atoms with Crippen molar-refractivity contribution in [1.82, 2.24) is 4.57 Å². The zero-order valence-electron chi connectivity index (χ0n) is 14.5. The molecular weight excluding hydrogens is 363 g/mol. The Morgan fingerprint density at radius 2 is 1.81 bits per heavy atom. The number of aliphatic imine (C=N–C) groups is 1. The van der Waals surface area contributed by atoms with Crippen molar-refractivity contribution in [2.24, 2.45) is 4.99 Å². The molecule has 1 aromatic carbocycles. The molecule has 9 heteroatoms. The van der Waals surface area contributed by atoms with Crippen LogP contribution in [0, 0.1) is 6.57 Å². The molecule has 2 unspecified atom stereocenters. The highest BCUT2D eigenvalue weighted by molar-refractivity contribution is 5.96. The van der Waals surface area contributed by atoms with Crippen LogP contribution >= 0.6 is 0 Å². The van der Waals surface area contributed by atoms with Gasteiger partial charge < -0.3 is 14.9 Å². The zero-order chi connectivity index (χ0) is 19.9. The Balaban J connectivity index is 1.98. The lowest BCUT2D eigenvalue weighted by atomic mass is 9.88. The molecule has 6 nitrogen and oxygen atoms in total. The fourth-order valence-corrected chi connectivity index (χ4v) is 3.93. The number of hydrogen-bond donors (Lipinski definition) is 2. The third-order valence-electron chi connectivity index (χ3n) is 5.20. The minimum Gasteiger partial charge on any atom is -0.494 e. The first-order chi connectivity index (χ1) is 12.4. The Bertz CT molecular complexity index is 1080. The summed E-state index contributed by atoms with van der Waals surface area (Å²) in [5.74, 6) is -0.875. The van der Waals surface area contributed by atoms with E-state index in [0.29, 0.717) is 5.71 Å². The van der Waals surface area contributed by atoms with E-state index in [9.17, 15) is 23.4 Å². The van der Waals surface area contributed by atoms with Gasteiger partial charge in [-0.05, 0) is 32.9 Å². The Morgan fingerprint density at radius 1 is 1.19 bits per heavy atom. The van der Waals surface area contributed by atoms with Crippen LogP contribution in [0.3, 0.4) is 0 Å². The first kappa shape index (κ1) is 17.4. The maximum absolute atomic E-state index is 13.3. The molecule has 0 aliphatic carbocycles. The van der Waals surface area contributed by atoms with Crippen molar-refractivity contribution in [3.63, 3.8) is 0 Å². The summed E-state index contributed by atoms with van der Waals surface area (Å²) in [6.45, 7) is 11.9. The molecule has 0 radical (unpaired) electrons. The van der Waals surface area contributed by atoms with E-state index in [1.54, 1.807) is 20.8 Å². The summed E-state index contributed by atoms with van der Waals surface area (Å²) in [5.41, 5.74) is -3.07. The number of hydrogen-bond acceptors (Lipinski definition) is 4. The van der Waals surface area contributed by atoms with Crippen LogP contribution in [0.15, 0.2) is 23.2 Å². The summed E-state index contributed by atoms with van der Waals surface area (Å²) < 4.78 is 46.7. The van der Waals surface area contributed by atoms with Crippen LogP contribution in [0.4, 0.5) is 18.9 Å². The van der Waals surface area contributed by atoms with Gasteiger partial charge in [-0.1, -0.05) is 6.07 Å². The van der Waals surface area contributed by atoms with Gasteiger partial charge in [0.25, 0.3) is 0 Å². The summed E-state index contributed by atoms with van der Waals surface area (Å²) >= 11 is 0. The molecule has 0 saturated carbocycles. The number of ether oxygens (including phenoxy) is 1. The van der Waals surface area contributed by atoms with Crippen molar-refractivity contribution in [2.75, 3.05) is 0 Å². The van der Waals surface area contributed by atoms with Gasteiger partial charge in [0, 0.05) is 5.71 Å². The molecule has 3 heterocycles. The van der Waals surface area contributed by atoms with Gasteiger partial charge in [-0.2, -0.15) is 13.2 Å². The van der Waals surface area contributed by atoms with Gasteiger partial charge in [-0.25, -0.2) is 4.85 Å². The van der Waals surface area contributed by atoms with E-state index < -0.39 is 40.5 Å². The highest BCUT2D eigenvalue weighted by Gasteiger charge is 2.60. The molecule has 4 rings (SSSR count). The minimum absolute atomic E-state index is 0.122. The first-order valence-electron chi connectivity index (χ1n) is 7.98. The Kier molecular flexibility index (Phi) is 3.12. The molecule has 1 aromatic heterocycles. The predicted molar refractivity (Wildman–Crippen MR) is 89.3 cm³/mol. The summed E-state index contributed by atoms with van der Waals surface area (Å²) in [4.78, 5) is 7.28. The van der Waals surface area contributed by atoms with Gasteiger partial charge in [0.2, 0.25) is 11.8 Å². The summed E-state index contributed by atoms with van der Waals surface area (Å²) in [7, 11) is 0. The number of aromatic nitrogens is 1. The molecule has 27 heavy (non-hydrogen) atoms. The monoisotopic (exact) mass is 377 g/mol. The summed E-state index contributed by atoms with van der Waals surface area (Å²) in [6, 6.07) is 2.97. The standard InChI is InChI=1S/C18H14F3N3O3/c1-8-16(2)12-13(17(3,23-8)27-16)15(26)24(14(12)25)9-5-6-11(22-4)10(7-9)18(19,20)21/h5-7,25-26H,1-3H3. The molecular formula is C18H14F3N3O3. The topological polar surface area (TPSA) is 71.3 Å². The Labute approximate surface area is 152 Å². The Morgan fingerprint density at radius 3 is 2.41 bits per heavy atom. The van der Waals surface area contributed by atoms with Crippen molar-refractivity contribution in [2.45, 2.75) is 38.3 Å². The lowest BCUT2D eigenvalue weighted by molar-refractivity contribution is -0.136. The summed E-state index contributed by atoms with van der Waals surface area (Å²) in [6.07, 6.45) is -4.75. The maximum atomic E-state index is 13.3. The number of benzene rings is 1. The SMILES string of the molecule is [C-]#[N+]c1ccc(-n2c(O)c3c(c2O)C2(C)OC3(C)N=C2C)cc1C(F)(F)F. The second-order valence-electron chi connectivity index (χ2n) is 6.86. The third kappa shape index (κ3) is 2.01. The second kappa shape index (κ2) is 4.84. The molecule has 2 bridgehead atoms. The van der Waals surface area contributed by atoms with Crippen molar-refractivity contribution in [3.05, 3.63) is 46.3 Å². The molecule has 0 amide bonds. The zero-order valence-corrected chi connectivity index (χ0v) is 14.5. The molecule has 2 aliphatic heterocycles. The number of aromatic hydroxyl groups is 2. The van der Waals surface area contributed by atoms with Gasteiger partial charge in [0.05, 0.1) is 28.9 Å². The smallest absolute Gasteiger partial charge is 0.407 e. The van der Waals surface area contributed by atoms with E-state index >= 15 is 0 Å². The minimum atomic E-state index is -4.75. The van der Waals surface area contributed by atoms with E-state index in [1.165, 1.54) is 6.07 Å². The predicted octanol–water partition coefficient (Wildman–Crippen LogP) is 4.35. The average Bonchev–Trinajstić information content (AvgIpc) is 3.07. The van der Waals surface area contributed by atoms with Crippen LogP contribution < -0.4 is 0 Å². The lowest BCUT2D eigenvalue weighted by Crippen LogP contribution is -2.27. The largest absolute Gasteiger partial charge is 0.494 e. The fraction of sp³-hybridized carbons (Fsp3) is 0.333. The number of rotatable bonds is 1. The molecule has 140 valence electrons. The van der Waals surface area contributed by atoms with E-state index in [1.807, 2.05) is 0 Å². The van der Waals surface area contributed by atoms with Crippen LogP contribution in [0.1, 0.15) is 37.5 Å². The Hall–Kier alpha value is -2.99. The molecule has 2 aliphatic rings. The van der Waals surface area contributed by atoms with Crippen LogP contribution in [-0.4, -0.2) is 20.5 Å². The molecule has 0 fully saturated rings. The number of halogens is 3. The van der Waals surface area contributed by atoms with Crippen molar-refractivity contribution >= 4 is 11.4 Å². The van der Waals surface area contributed by atoms with Gasteiger partial charge in [-0.3, -0.25) is 9.56 Å². The quantitative estimate of drug-likeness (QED) is 0.726. The van der Waals surface area contributed by atoms with Crippen LogP contribution in [0.25, 0.3) is 10.5 Å². The van der Waals surface area contributed by atoms with E-state index in [4.69, 9.17) is 11.3 Å². The van der Waals surface area contributed by atoms with E-state index in [0.717, 1.165) is 16.7 Å². The van der Waals surface area contributed by atoms with Crippen LogP contribution in [-0.2, 0) is 22.2 Å². The molecule has 0 saturated heterocycles. The lowest BCUT2D eigenvalue weighted by Gasteiger charge is -2.21. The van der Waals surface area contributed by atoms with E-state index in [2.05, 4.69) is 9.84 Å². The molecule has 2 atom stereocenters. The highest BCUT2D eigenvalue weighted by atomic mass is 19.4. The van der Waals surface area contributed by atoms with E-state index in [-0.39, 0.29) is 16.8 Å². The first-order valence-corrected chi connectivity index (χ1v) is 7.98. The van der Waals surface area contributed by atoms with Gasteiger partial charge in [0.1, 0.15) is 5.60 Å². The number of alkyl halides is 3. The highest BCUT2D eigenvalue weighted by Crippen LogP contribution is 2.61. The van der Waals surface area contributed by atoms with Gasteiger partial charge in [-0.15, -0.1) is 0 Å². The molecule has 0 spiro atoms. The normalized spacial score (nSPS) is 26.0. The molecule has 2 aromatic rings. The van der Waals surface area contributed by atoms with Gasteiger partial charge in [0.15, 0.2) is 11.4 Å². The van der Waals surface area contributed by atoms with Crippen molar-refractivity contribution in [3.8, 4) is 17.4 Å². The number of fused-ring (bicyclic) bond motifs is 5. The fourth-order valence-electron chi connectivity index (χ4n) is 3.93. The second-order valence-corrected chi connectivity index (χ2v) is 6.86. The third-order valence-corrected chi connectivity index (χ3v) is 5.20. The summed E-state index contributed by atoms with van der Waals surface area (Å²) in [5, 5.41) is 21.5. The van der Waals surface area contributed by atoms with Crippen molar-refractivity contribution < 1.29 is 28.1 Å². The van der Waals surface area contributed by atoms with Crippen LogP contribution in [0.2, 0.25) is 0 Å². The maximum Gasteiger partial charge on any atom is 0.407 e.